The van der Waals surface area contributed by atoms with Crippen molar-refractivity contribution in [1.29, 1.82) is 5.26 Å². The molecule has 1 aliphatic rings. The molecule has 1 fully saturated rings. The molecule has 0 amide bonds. The van der Waals surface area contributed by atoms with Gasteiger partial charge in [-0.1, -0.05) is 12.1 Å². The molecule has 0 spiro atoms. The molecule has 1 N–H and O–H groups in total. The average molecular weight is 455 g/mol. The molecule has 1 unspecified atom stereocenters. The van der Waals surface area contributed by atoms with Gasteiger partial charge >= 0.3 is 6.18 Å². The Balaban J connectivity index is 1.83. The summed E-state index contributed by atoms with van der Waals surface area (Å²) in [6.45, 7) is 6.95. The SMILES string of the molecule is Cc1c(C#N)cccc1C(C)Nc1nnc(C)c2cc(C(F)(F)F)c(N3CCOCC3)cc12. The molecule has 2 aromatic carbocycles. The Morgan fingerprint density at radius 3 is 2.52 bits per heavy atom. The van der Waals surface area contributed by atoms with E-state index >= 15 is 0 Å². The number of benzene rings is 2. The van der Waals surface area contributed by atoms with Crippen molar-refractivity contribution in [3.8, 4) is 6.07 Å². The van der Waals surface area contributed by atoms with Gasteiger partial charge in [0.05, 0.1) is 42.1 Å². The highest BCUT2D eigenvalue weighted by molar-refractivity contribution is 5.96. The number of nitriles is 1. The molecule has 2 heterocycles. The summed E-state index contributed by atoms with van der Waals surface area (Å²) in [5.74, 6) is 0.396. The summed E-state index contributed by atoms with van der Waals surface area (Å²) in [6, 6.07) is 10.1. The van der Waals surface area contributed by atoms with Gasteiger partial charge in [0.1, 0.15) is 0 Å². The zero-order chi connectivity index (χ0) is 23.8. The zero-order valence-electron chi connectivity index (χ0n) is 18.6. The molecular weight excluding hydrogens is 431 g/mol. The van der Waals surface area contributed by atoms with Gasteiger partial charge in [-0.05, 0) is 50.1 Å². The van der Waals surface area contributed by atoms with Crippen LogP contribution >= 0.6 is 0 Å². The molecule has 6 nitrogen and oxygen atoms in total. The highest BCUT2D eigenvalue weighted by Gasteiger charge is 2.36. The fourth-order valence-corrected chi connectivity index (χ4v) is 4.24. The molecule has 0 saturated carbocycles. The zero-order valence-corrected chi connectivity index (χ0v) is 18.6. The first-order valence-corrected chi connectivity index (χ1v) is 10.7. The third-order valence-corrected chi connectivity index (χ3v) is 6.05. The van der Waals surface area contributed by atoms with Gasteiger partial charge < -0.3 is 15.0 Å². The van der Waals surface area contributed by atoms with Crippen LogP contribution in [0.4, 0.5) is 24.7 Å². The topological polar surface area (TPSA) is 74.1 Å². The minimum Gasteiger partial charge on any atom is -0.378 e. The number of rotatable bonds is 4. The first kappa shape index (κ1) is 22.8. The van der Waals surface area contributed by atoms with Crippen molar-refractivity contribution < 1.29 is 17.9 Å². The summed E-state index contributed by atoms with van der Waals surface area (Å²) in [4.78, 5) is 1.70. The number of ether oxygens (including phenoxy) is 1. The number of aromatic nitrogens is 2. The summed E-state index contributed by atoms with van der Waals surface area (Å²) in [6.07, 6.45) is -4.51. The second-order valence-electron chi connectivity index (χ2n) is 8.14. The molecule has 172 valence electrons. The predicted molar refractivity (Wildman–Crippen MR) is 120 cm³/mol. The number of morpholine rings is 1. The number of fused-ring (bicyclic) bond motifs is 1. The van der Waals surface area contributed by atoms with Crippen LogP contribution in [0.2, 0.25) is 0 Å². The smallest absolute Gasteiger partial charge is 0.378 e. The number of nitrogens with zero attached hydrogens (tertiary/aromatic N) is 4. The minimum absolute atomic E-state index is 0.115. The van der Waals surface area contributed by atoms with Gasteiger partial charge in [-0.15, -0.1) is 5.10 Å². The number of anilines is 2. The van der Waals surface area contributed by atoms with E-state index in [0.29, 0.717) is 54.2 Å². The Morgan fingerprint density at radius 1 is 1.12 bits per heavy atom. The highest BCUT2D eigenvalue weighted by Crippen LogP contribution is 2.41. The number of aryl methyl sites for hydroxylation is 1. The van der Waals surface area contributed by atoms with Gasteiger partial charge in [-0.3, -0.25) is 0 Å². The summed E-state index contributed by atoms with van der Waals surface area (Å²) in [5.41, 5.74) is 2.17. The molecule has 3 aromatic rings. The van der Waals surface area contributed by atoms with Crippen molar-refractivity contribution in [2.24, 2.45) is 0 Å². The Labute approximate surface area is 190 Å². The average Bonchev–Trinajstić information content (AvgIpc) is 2.80. The third-order valence-electron chi connectivity index (χ3n) is 6.05. The summed E-state index contributed by atoms with van der Waals surface area (Å²) >= 11 is 0. The lowest BCUT2D eigenvalue weighted by molar-refractivity contribution is -0.137. The maximum atomic E-state index is 14.0. The van der Waals surface area contributed by atoms with Crippen LogP contribution in [0.1, 0.15) is 40.9 Å². The van der Waals surface area contributed by atoms with Crippen LogP contribution in [0.5, 0.6) is 0 Å². The molecule has 1 aromatic heterocycles. The van der Waals surface area contributed by atoms with Crippen molar-refractivity contribution in [3.05, 3.63) is 58.3 Å². The van der Waals surface area contributed by atoms with Crippen molar-refractivity contribution in [3.63, 3.8) is 0 Å². The Bertz CT molecular complexity index is 1230. The number of hydrogen-bond donors (Lipinski definition) is 1. The van der Waals surface area contributed by atoms with Gasteiger partial charge in [0.2, 0.25) is 0 Å². The van der Waals surface area contributed by atoms with Crippen molar-refractivity contribution in [2.45, 2.75) is 33.0 Å². The maximum Gasteiger partial charge on any atom is 0.418 e. The maximum absolute atomic E-state index is 14.0. The van der Waals surface area contributed by atoms with E-state index < -0.39 is 11.7 Å². The Hall–Kier alpha value is -3.38. The first-order chi connectivity index (χ1) is 15.7. The molecule has 0 radical (unpaired) electrons. The van der Waals surface area contributed by atoms with Crippen LogP contribution in [0, 0.1) is 25.2 Å². The molecule has 1 aliphatic heterocycles. The standard InChI is InChI=1S/C24H24F3N5O/c1-14-17(13-28)5-4-6-18(14)15(2)29-23-20-12-22(32-7-9-33-10-8-32)21(24(25,26)27)11-19(20)16(3)30-31-23/h4-6,11-12,15H,7-10H2,1-3H3,(H,29,31). The normalized spacial score (nSPS) is 15.4. The highest BCUT2D eigenvalue weighted by atomic mass is 19.4. The van der Waals surface area contributed by atoms with E-state index in [1.807, 2.05) is 26.0 Å². The summed E-state index contributed by atoms with van der Waals surface area (Å²) < 4.78 is 47.3. The van der Waals surface area contributed by atoms with Crippen LogP contribution < -0.4 is 10.2 Å². The first-order valence-electron chi connectivity index (χ1n) is 10.7. The van der Waals surface area contributed by atoms with E-state index in [9.17, 15) is 18.4 Å². The van der Waals surface area contributed by atoms with Crippen LogP contribution in [0.25, 0.3) is 10.8 Å². The number of nitrogens with one attached hydrogen (secondary N) is 1. The predicted octanol–water partition coefficient (Wildman–Crippen LogP) is 5.15. The van der Waals surface area contributed by atoms with E-state index in [2.05, 4.69) is 21.6 Å². The Kier molecular flexibility index (Phi) is 6.13. The van der Waals surface area contributed by atoms with E-state index in [1.54, 1.807) is 24.0 Å². The lowest BCUT2D eigenvalue weighted by atomic mass is 9.98. The summed E-state index contributed by atoms with van der Waals surface area (Å²) in [5, 5.41) is 22.0. The fourth-order valence-electron chi connectivity index (χ4n) is 4.24. The molecule has 33 heavy (non-hydrogen) atoms. The van der Waals surface area contributed by atoms with Crippen molar-refractivity contribution >= 4 is 22.3 Å². The second-order valence-corrected chi connectivity index (χ2v) is 8.14. The van der Waals surface area contributed by atoms with Crippen LogP contribution in [-0.4, -0.2) is 36.5 Å². The van der Waals surface area contributed by atoms with E-state index in [1.165, 1.54) is 6.07 Å². The second kappa shape index (κ2) is 8.87. The molecule has 4 rings (SSSR count). The minimum atomic E-state index is -4.51. The number of halogens is 3. The Morgan fingerprint density at radius 2 is 1.85 bits per heavy atom. The number of hydrogen-bond acceptors (Lipinski definition) is 6. The van der Waals surface area contributed by atoms with Gasteiger partial charge in [0.15, 0.2) is 5.82 Å². The lowest BCUT2D eigenvalue weighted by Crippen LogP contribution is -2.37. The molecule has 1 atom stereocenters. The monoisotopic (exact) mass is 455 g/mol. The van der Waals surface area contributed by atoms with E-state index in [0.717, 1.165) is 11.1 Å². The molecule has 0 aliphatic carbocycles. The quantitative estimate of drug-likeness (QED) is 0.587. The largest absolute Gasteiger partial charge is 0.418 e. The number of alkyl halides is 3. The van der Waals surface area contributed by atoms with Gasteiger partial charge in [0, 0.05) is 29.5 Å². The van der Waals surface area contributed by atoms with Crippen molar-refractivity contribution in [1.82, 2.24) is 10.2 Å². The van der Waals surface area contributed by atoms with Crippen LogP contribution in [0.15, 0.2) is 30.3 Å². The molecule has 1 saturated heterocycles. The molecule has 0 bridgehead atoms. The fraction of sp³-hybridized carbons (Fsp3) is 0.375. The van der Waals surface area contributed by atoms with E-state index in [4.69, 9.17) is 4.74 Å². The molecule has 9 heteroatoms. The van der Waals surface area contributed by atoms with E-state index in [-0.39, 0.29) is 11.7 Å². The third kappa shape index (κ3) is 4.44. The van der Waals surface area contributed by atoms with Gasteiger partial charge in [-0.2, -0.15) is 23.5 Å². The van der Waals surface area contributed by atoms with Crippen molar-refractivity contribution in [2.75, 3.05) is 36.5 Å². The van der Waals surface area contributed by atoms with Gasteiger partial charge in [-0.25, -0.2) is 0 Å². The summed E-state index contributed by atoms with van der Waals surface area (Å²) in [7, 11) is 0. The van der Waals surface area contributed by atoms with Crippen LogP contribution in [0.3, 0.4) is 0 Å². The van der Waals surface area contributed by atoms with Gasteiger partial charge in [0.25, 0.3) is 0 Å². The van der Waals surface area contributed by atoms with Crippen LogP contribution in [-0.2, 0) is 10.9 Å². The lowest BCUT2D eigenvalue weighted by Gasteiger charge is -2.31. The molecular formula is C24H24F3N5O.